The standard InChI is InChI=1S/C21H24ClFN4/c1-15-13-27(11-10-26(15)14-16-2-7-19(23)8-3-16)21(25)9-5-17-4-6-18(22)12-20(17)24/h2-9,12,15,25H,10-11,13-14,24H2,1H3/b9-5+,25-21?/t15-/m0/s1. The van der Waals surface area contributed by atoms with E-state index in [0.717, 1.165) is 37.3 Å². The highest BCUT2D eigenvalue weighted by atomic mass is 35.5. The Labute approximate surface area is 164 Å². The van der Waals surface area contributed by atoms with E-state index >= 15 is 0 Å². The molecule has 4 nitrogen and oxygen atoms in total. The Hall–Kier alpha value is -2.37. The highest BCUT2D eigenvalue weighted by Gasteiger charge is 2.24. The van der Waals surface area contributed by atoms with Gasteiger partial charge in [0, 0.05) is 42.9 Å². The molecule has 3 rings (SSSR count). The minimum Gasteiger partial charge on any atom is -0.398 e. The number of hydrogen-bond acceptors (Lipinski definition) is 3. The molecule has 3 N–H and O–H groups in total. The van der Waals surface area contributed by atoms with Gasteiger partial charge < -0.3 is 10.6 Å². The molecule has 0 amide bonds. The maximum atomic E-state index is 13.1. The largest absolute Gasteiger partial charge is 0.398 e. The van der Waals surface area contributed by atoms with Gasteiger partial charge in [-0.3, -0.25) is 10.3 Å². The summed E-state index contributed by atoms with van der Waals surface area (Å²) in [6, 6.07) is 12.3. The van der Waals surface area contributed by atoms with Crippen molar-refractivity contribution in [3.63, 3.8) is 0 Å². The molecule has 0 aromatic heterocycles. The SMILES string of the molecule is C[C@H]1CN(C(=N)/C=C/c2ccc(Cl)cc2N)CCN1Cc1ccc(F)cc1. The minimum atomic E-state index is -0.210. The van der Waals surface area contributed by atoms with Crippen molar-refractivity contribution in [2.75, 3.05) is 25.4 Å². The fraction of sp³-hybridized carbons (Fsp3) is 0.286. The summed E-state index contributed by atoms with van der Waals surface area (Å²) in [5, 5.41) is 8.96. The number of amidine groups is 1. The van der Waals surface area contributed by atoms with E-state index in [1.807, 2.05) is 24.3 Å². The summed E-state index contributed by atoms with van der Waals surface area (Å²) in [6.45, 7) is 5.37. The summed E-state index contributed by atoms with van der Waals surface area (Å²) in [7, 11) is 0. The molecule has 2 aromatic carbocycles. The normalized spacial score (nSPS) is 18.2. The van der Waals surface area contributed by atoms with Gasteiger partial charge in [0.2, 0.25) is 0 Å². The van der Waals surface area contributed by atoms with Gasteiger partial charge in [-0.15, -0.1) is 0 Å². The summed E-state index contributed by atoms with van der Waals surface area (Å²) in [4.78, 5) is 4.42. The molecule has 1 aliphatic heterocycles. The highest BCUT2D eigenvalue weighted by Crippen LogP contribution is 2.20. The average molecular weight is 387 g/mol. The average Bonchev–Trinajstić information content (AvgIpc) is 2.64. The monoisotopic (exact) mass is 386 g/mol. The van der Waals surface area contributed by atoms with Crippen molar-refractivity contribution in [1.82, 2.24) is 9.80 Å². The number of nitrogen functional groups attached to an aromatic ring is 1. The lowest BCUT2D eigenvalue weighted by Gasteiger charge is -2.40. The summed E-state index contributed by atoms with van der Waals surface area (Å²) >= 11 is 5.92. The molecule has 0 saturated carbocycles. The fourth-order valence-electron chi connectivity index (χ4n) is 3.24. The lowest BCUT2D eigenvalue weighted by atomic mass is 10.1. The lowest BCUT2D eigenvalue weighted by molar-refractivity contribution is 0.116. The topological polar surface area (TPSA) is 56.4 Å². The summed E-state index contributed by atoms with van der Waals surface area (Å²) in [6.07, 6.45) is 3.63. The first-order valence-corrected chi connectivity index (χ1v) is 9.35. The van der Waals surface area contributed by atoms with Gasteiger partial charge in [0.1, 0.15) is 11.7 Å². The Morgan fingerprint density at radius 2 is 2.00 bits per heavy atom. The third kappa shape index (κ3) is 5.08. The van der Waals surface area contributed by atoms with Crippen molar-refractivity contribution < 1.29 is 4.39 Å². The quantitative estimate of drug-likeness (QED) is 0.469. The molecular formula is C21H24ClFN4. The van der Waals surface area contributed by atoms with Crippen LogP contribution >= 0.6 is 11.6 Å². The first-order valence-electron chi connectivity index (χ1n) is 8.97. The van der Waals surface area contributed by atoms with Crippen molar-refractivity contribution >= 4 is 29.2 Å². The van der Waals surface area contributed by atoms with E-state index in [4.69, 9.17) is 22.7 Å². The molecule has 6 heteroatoms. The zero-order chi connectivity index (χ0) is 19.4. The van der Waals surface area contributed by atoms with Crippen molar-refractivity contribution in [3.05, 3.63) is 70.5 Å². The van der Waals surface area contributed by atoms with Gasteiger partial charge in [0.05, 0.1) is 0 Å². The summed E-state index contributed by atoms with van der Waals surface area (Å²) < 4.78 is 13.1. The lowest BCUT2D eigenvalue weighted by Crippen LogP contribution is -2.52. The fourth-order valence-corrected chi connectivity index (χ4v) is 3.43. The predicted molar refractivity (Wildman–Crippen MR) is 110 cm³/mol. The number of anilines is 1. The second-order valence-corrected chi connectivity index (χ2v) is 7.32. The zero-order valence-corrected chi connectivity index (χ0v) is 16.1. The number of hydrogen-bond donors (Lipinski definition) is 2. The molecule has 0 spiro atoms. The van der Waals surface area contributed by atoms with Crippen LogP contribution < -0.4 is 5.73 Å². The van der Waals surface area contributed by atoms with Crippen LogP contribution in [0.1, 0.15) is 18.1 Å². The van der Waals surface area contributed by atoms with E-state index in [9.17, 15) is 4.39 Å². The number of nitrogens with two attached hydrogens (primary N) is 1. The number of nitrogens with one attached hydrogen (secondary N) is 1. The highest BCUT2D eigenvalue weighted by molar-refractivity contribution is 6.30. The first kappa shape index (κ1) is 19.4. The van der Waals surface area contributed by atoms with Crippen LogP contribution in [0.5, 0.6) is 0 Å². The van der Waals surface area contributed by atoms with E-state index in [-0.39, 0.29) is 5.82 Å². The van der Waals surface area contributed by atoms with E-state index in [1.165, 1.54) is 12.1 Å². The third-order valence-electron chi connectivity index (χ3n) is 4.87. The molecule has 1 saturated heterocycles. The Bertz CT molecular complexity index is 835. The maximum absolute atomic E-state index is 13.1. The van der Waals surface area contributed by atoms with Gasteiger partial charge in [-0.2, -0.15) is 0 Å². The van der Waals surface area contributed by atoms with Gasteiger partial charge in [-0.25, -0.2) is 4.39 Å². The molecule has 142 valence electrons. The van der Waals surface area contributed by atoms with E-state index in [0.29, 0.717) is 22.6 Å². The van der Waals surface area contributed by atoms with Crippen LogP contribution in [0.2, 0.25) is 5.02 Å². The molecule has 0 aliphatic carbocycles. The third-order valence-corrected chi connectivity index (χ3v) is 5.11. The van der Waals surface area contributed by atoms with Crippen molar-refractivity contribution in [2.24, 2.45) is 0 Å². The molecule has 1 atom stereocenters. The molecular weight excluding hydrogens is 363 g/mol. The maximum Gasteiger partial charge on any atom is 0.123 e. The zero-order valence-electron chi connectivity index (χ0n) is 15.3. The van der Waals surface area contributed by atoms with Crippen LogP contribution in [0.25, 0.3) is 6.08 Å². The van der Waals surface area contributed by atoms with Crippen LogP contribution in [-0.4, -0.2) is 41.3 Å². The van der Waals surface area contributed by atoms with Gasteiger partial charge >= 0.3 is 0 Å². The molecule has 0 radical (unpaired) electrons. The Kier molecular flexibility index (Phi) is 6.14. The summed E-state index contributed by atoms with van der Waals surface area (Å²) in [5.41, 5.74) is 8.52. The molecule has 27 heavy (non-hydrogen) atoms. The van der Waals surface area contributed by atoms with Crippen molar-refractivity contribution in [2.45, 2.75) is 19.5 Å². The molecule has 1 fully saturated rings. The Balaban J connectivity index is 1.57. The molecule has 0 unspecified atom stereocenters. The van der Waals surface area contributed by atoms with E-state index in [1.54, 1.807) is 18.2 Å². The van der Waals surface area contributed by atoms with E-state index < -0.39 is 0 Å². The predicted octanol–water partition coefficient (Wildman–Crippen LogP) is 4.26. The van der Waals surface area contributed by atoms with Crippen molar-refractivity contribution in [1.29, 1.82) is 5.41 Å². The summed E-state index contributed by atoms with van der Waals surface area (Å²) in [5.74, 6) is 0.260. The number of piperazine rings is 1. The van der Waals surface area contributed by atoms with Gasteiger partial charge in [-0.05, 0) is 54.5 Å². The second kappa shape index (κ2) is 8.55. The smallest absolute Gasteiger partial charge is 0.123 e. The van der Waals surface area contributed by atoms with Crippen molar-refractivity contribution in [3.8, 4) is 0 Å². The number of benzene rings is 2. The van der Waals surface area contributed by atoms with Crippen LogP contribution in [0.15, 0.2) is 48.5 Å². The van der Waals surface area contributed by atoms with Gasteiger partial charge in [0.25, 0.3) is 0 Å². The van der Waals surface area contributed by atoms with E-state index in [2.05, 4.69) is 16.7 Å². The minimum absolute atomic E-state index is 0.210. The van der Waals surface area contributed by atoms with Gasteiger partial charge in [0.15, 0.2) is 0 Å². The molecule has 1 heterocycles. The van der Waals surface area contributed by atoms with Gasteiger partial charge in [-0.1, -0.05) is 29.8 Å². The Morgan fingerprint density at radius 1 is 1.26 bits per heavy atom. The number of nitrogens with zero attached hydrogens (tertiary/aromatic N) is 2. The van der Waals surface area contributed by atoms with Crippen LogP contribution in [-0.2, 0) is 6.54 Å². The molecule has 0 bridgehead atoms. The Morgan fingerprint density at radius 3 is 2.67 bits per heavy atom. The first-order chi connectivity index (χ1) is 12.9. The molecule has 2 aromatic rings. The number of halogens is 2. The molecule has 1 aliphatic rings. The second-order valence-electron chi connectivity index (χ2n) is 6.88. The van der Waals surface area contributed by atoms with Crippen LogP contribution in [0.3, 0.4) is 0 Å². The van der Waals surface area contributed by atoms with Crippen LogP contribution in [0.4, 0.5) is 10.1 Å². The number of rotatable bonds is 4. The van der Waals surface area contributed by atoms with Crippen LogP contribution in [0, 0.1) is 11.2 Å².